The van der Waals surface area contributed by atoms with Crippen molar-refractivity contribution in [1.82, 2.24) is 24.7 Å². The van der Waals surface area contributed by atoms with Crippen molar-refractivity contribution in [1.29, 1.82) is 0 Å². The van der Waals surface area contributed by atoms with Gasteiger partial charge in [0.05, 0.1) is 35.1 Å². The van der Waals surface area contributed by atoms with E-state index in [0.29, 0.717) is 31.7 Å². The number of nitrogens with zero attached hydrogens (tertiary/aromatic N) is 4. The van der Waals surface area contributed by atoms with Crippen LogP contribution in [0.15, 0.2) is 65.0 Å². The molecule has 3 aliphatic rings. The molecule has 2 aromatic heterocycles. The van der Waals surface area contributed by atoms with Gasteiger partial charge in [-0.25, -0.2) is 9.78 Å². The standard InChI is InChI=1S/C29H35N5O3S/c35-26-17-23(25-9-6-16-38-25)31-21-33(26)20-29(37)12-14-32(19-28(29)10-4-5-11-28)27(36)34-15-13-30-18-24(34)22-7-2-1-3-8-22/h1-3,6-9,16-17,21,24,30,37H,4-5,10-15,18-20H2. The highest BCUT2D eigenvalue weighted by Gasteiger charge is 2.56. The number of urea groups is 1. The molecule has 1 aliphatic carbocycles. The van der Waals surface area contributed by atoms with E-state index in [1.807, 2.05) is 45.5 Å². The lowest BCUT2D eigenvalue weighted by Gasteiger charge is -2.53. The van der Waals surface area contributed by atoms with Crippen LogP contribution in [0.4, 0.5) is 4.79 Å². The molecule has 2 unspecified atom stereocenters. The number of thiophene rings is 1. The lowest BCUT2D eigenvalue weighted by atomic mass is 9.66. The van der Waals surface area contributed by atoms with Crippen molar-refractivity contribution >= 4 is 17.4 Å². The zero-order valence-corrected chi connectivity index (χ0v) is 22.4. The van der Waals surface area contributed by atoms with Gasteiger partial charge >= 0.3 is 6.03 Å². The van der Waals surface area contributed by atoms with Crippen LogP contribution in [-0.4, -0.2) is 68.8 Å². The van der Waals surface area contributed by atoms with Crippen LogP contribution in [0.5, 0.6) is 0 Å². The molecule has 2 N–H and O–H groups in total. The van der Waals surface area contributed by atoms with E-state index in [1.54, 1.807) is 28.3 Å². The van der Waals surface area contributed by atoms with Crippen LogP contribution in [0.25, 0.3) is 10.6 Å². The summed E-state index contributed by atoms with van der Waals surface area (Å²) >= 11 is 1.55. The summed E-state index contributed by atoms with van der Waals surface area (Å²) in [6.45, 7) is 3.35. The van der Waals surface area contributed by atoms with E-state index in [9.17, 15) is 14.7 Å². The van der Waals surface area contributed by atoms with Crippen molar-refractivity contribution in [3.63, 3.8) is 0 Å². The highest BCUT2D eigenvalue weighted by atomic mass is 32.1. The molecule has 1 spiro atoms. The SMILES string of the molecule is O=C(N1CCC(O)(Cn2cnc(-c3cccs3)cc2=O)C2(CCCC2)C1)N1CCNCC1c1ccccc1. The van der Waals surface area contributed by atoms with Gasteiger partial charge in [-0.2, -0.15) is 0 Å². The highest BCUT2D eigenvalue weighted by Crippen LogP contribution is 2.51. The molecular weight excluding hydrogens is 498 g/mol. The Labute approximate surface area is 226 Å². The third kappa shape index (κ3) is 4.57. The predicted octanol–water partition coefficient (Wildman–Crippen LogP) is 3.74. The molecule has 1 aromatic carbocycles. The maximum atomic E-state index is 13.9. The van der Waals surface area contributed by atoms with Crippen LogP contribution in [0.1, 0.15) is 43.7 Å². The Bertz CT molecular complexity index is 1320. The maximum absolute atomic E-state index is 13.9. The van der Waals surface area contributed by atoms with Gasteiger partial charge in [-0.3, -0.25) is 9.36 Å². The normalized spacial score (nSPS) is 25.1. The highest BCUT2D eigenvalue weighted by molar-refractivity contribution is 7.13. The Morgan fingerprint density at radius 2 is 1.92 bits per heavy atom. The molecule has 2 saturated heterocycles. The average Bonchev–Trinajstić information content (AvgIpc) is 3.66. The van der Waals surface area contributed by atoms with Crippen molar-refractivity contribution in [3.05, 3.63) is 76.2 Å². The van der Waals surface area contributed by atoms with Gasteiger partial charge in [0.15, 0.2) is 0 Å². The van der Waals surface area contributed by atoms with Gasteiger partial charge in [0.2, 0.25) is 0 Å². The van der Waals surface area contributed by atoms with Crippen LogP contribution < -0.4 is 10.9 Å². The second kappa shape index (κ2) is 10.3. The number of piperidine rings is 1. The molecule has 2 amide bonds. The molecule has 0 radical (unpaired) electrons. The molecule has 8 nitrogen and oxygen atoms in total. The summed E-state index contributed by atoms with van der Waals surface area (Å²) in [5.41, 5.74) is 0.139. The lowest BCUT2D eigenvalue weighted by molar-refractivity contribution is -0.137. The summed E-state index contributed by atoms with van der Waals surface area (Å²) in [6, 6.07) is 15.7. The molecule has 4 heterocycles. The van der Waals surface area contributed by atoms with E-state index in [0.717, 1.165) is 49.2 Å². The number of piperazine rings is 1. The number of aromatic nitrogens is 2. The average molecular weight is 534 g/mol. The van der Waals surface area contributed by atoms with Gasteiger partial charge in [-0.1, -0.05) is 49.2 Å². The molecular formula is C29H35N5O3S. The summed E-state index contributed by atoms with van der Waals surface area (Å²) in [4.78, 5) is 36.4. The second-order valence-corrected chi connectivity index (χ2v) is 12.0. The van der Waals surface area contributed by atoms with E-state index in [1.165, 1.54) is 0 Å². The molecule has 3 aromatic rings. The molecule has 38 heavy (non-hydrogen) atoms. The number of aliphatic hydroxyl groups is 1. The molecule has 2 atom stereocenters. The monoisotopic (exact) mass is 533 g/mol. The van der Waals surface area contributed by atoms with Gasteiger partial charge in [0.1, 0.15) is 0 Å². The van der Waals surface area contributed by atoms with Crippen molar-refractivity contribution in [2.24, 2.45) is 5.41 Å². The number of carbonyl (C=O) groups excluding carboxylic acids is 1. The number of rotatable bonds is 4. The first-order valence-electron chi connectivity index (χ1n) is 13.6. The van der Waals surface area contributed by atoms with Crippen molar-refractivity contribution in [3.8, 4) is 10.6 Å². The number of benzene rings is 1. The Balaban J connectivity index is 1.23. The molecule has 9 heteroatoms. The third-order valence-corrected chi connectivity index (χ3v) is 9.76. The Morgan fingerprint density at radius 1 is 1.11 bits per heavy atom. The number of likely N-dealkylation sites (tertiary alicyclic amines) is 1. The van der Waals surface area contributed by atoms with Crippen LogP contribution >= 0.6 is 11.3 Å². The zero-order chi connectivity index (χ0) is 26.2. The Hall–Kier alpha value is -3.01. The molecule has 200 valence electrons. The van der Waals surface area contributed by atoms with Crippen LogP contribution in [0.3, 0.4) is 0 Å². The van der Waals surface area contributed by atoms with Gasteiger partial charge in [0, 0.05) is 44.2 Å². The van der Waals surface area contributed by atoms with Crippen LogP contribution in [0.2, 0.25) is 0 Å². The first-order valence-corrected chi connectivity index (χ1v) is 14.5. The molecule has 6 rings (SSSR count). The molecule has 2 aliphatic heterocycles. The van der Waals surface area contributed by atoms with E-state index in [2.05, 4.69) is 22.4 Å². The quantitative estimate of drug-likeness (QED) is 0.533. The minimum atomic E-state index is -1.07. The number of nitrogens with one attached hydrogen (secondary N) is 1. The fraction of sp³-hybridized carbons (Fsp3) is 0.483. The van der Waals surface area contributed by atoms with E-state index in [4.69, 9.17) is 0 Å². The minimum absolute atomic E-state index is 0.00991. The second-order valence-electron chi connectivity index (χ2n) is 11.0. The first kappa shape index (κ1) is 25.3. The largest absolute Gasteiger partial charge is 0.387 e. The van der Waals surface area contributed by atoms with Crippen molar-refractivity contribution < 1.29 is 9.90 Å². The summed E-state index contributed by atoms with van der Waals surface area (Å²) < 4.78 is 1.55. The molecule has 1 saturated carbocycles. The molecule has 0 bridgehead atoms. The third-order valence-electron chi connectivity index (χ3n) is 8.87. The number of amides is 2. The van der Waals surface area contributed by atoms with E-state index >= 15 is 0 Å². The predicted molar refractivity (Wildman–Crippen MR) is 148 cm³/mol. The zero-order valence-electron chi connectivity index (χ0n) is 21.6. The fourth-order valence-corrected chi connectivity index (χ4v) is 7.43. The summed E-state index contributed by atoms with van der Waals surface area (Å²) in [6.07, 6.45) is 5.77. The van der Waals surface area contributed by atoms with E-state index < -0.39 is 11.0 Å². The summed E-state index contributed by atoms with van der Waals surface area (Å²) in [5.74, 6) is 0. The maximum Gasteiger partial charge on any atom is 0.320 e. The molecule has 3 fully saturated rings. The number of hydrogen-bond donors (Lipinski definition) is 2. The van der Waals surface area contributed by atoms with E-state index in [-0.39, 0.29) is 24.2 Å². The lowest BCUT2D eigenvalue weighted by Crippen LogP contribution is -2.64. The summed E-state index contributed by atoms with van der Waals surface area (Å²) in [7, 11) is 0. The Morgan fingerprint density at radius 3 is 2.66 bits per heavy atom. The topological polar surface area (TPSA) is 90.7 Å². The van der Waals surface area contributed by atoms with Gasteiger partial charge in [-0.05, 0) is 36.3 Å². The van der Waals surface area contributed by atoms with Gasteiger partial charge < -0.3 is 20.2 Å². The van der Waals surface area contributed by atoms with Gasteiger partial charge in [-0.15, -0.1) is 11.3 Å². The van der Waals surface area contributed by atoms with Crippen LogP contribution in [-0.2, 0) is 6.54 Å². The van der Waals surface area contributed by atoms with Crippen molar-refractivity contribution in [2.45, 2.75) is 50.3 Å². The first-order chi connectivity index (χ1) is 18.5. The fourth-order valence-electron chi connectivity index (χ4n) is 6.74. The minimum Gasteiger partial charge on any atom is -0.387 e. The Kier molecular flexibility index (Phi) is 6.84. The summed E-state index contributed by atoms with van der Waals surface area (Å²) in [5, 5.41) is 17.5. The number of carbonyl (C=O) groups is 1. The van der Waals surface area contributed by atoms with Gasteiger partial charge in [0.25, 0.3) is 5.56 Å². The number of hydrogen-bond acceptors (Lipinski definition) is 6. The smallest absolute Gasteiger partial charge is 0.320 e. The van der Waals surface area contributed by atoms with Crippen molar-refractivity contribution in [2.75, 3.05) is 32.7 Å². The van der Waals surface area contributed by atoms with Crippen LogP contribution in [0, 0.1) is 5.41 Å².